The van der Waals surface area contributed by atoms with Gasteiger partial charge in [0, 0.05) is 5.41 Å². The summed E-state index contributed by atoms with van der Waals surface area (Å²) in [6, 6.07) is 22.2. The van der Waals surface area contributed by atoms with E-state index >= 15 is 0 Å². The minimum absolute atomic E-state index is 0.0125. The van der Waals surface area contributed by atoms with Gasteiger partial charge in [0.2, 0.25) is 0 Å². The highest BCUT2D eigenvalue weighted by Gasteiger charge is 2.41. The molecular formula is C39H61N2+. The van der Waals surface area contributed by atoms with Crippen LogP contribution in [0.5, 0.6) is 0 Å². The Balaban J connectivity index is 1.40. The van der Waals surface area contributed by atoms with Crippen molar-refractivity contribution in [2.24, 2.45) is 0 Å². The van der Waals surface area contributed by atoms with Gasteiger partial charge in [0.15, 0.2) is 0 Å². The van der Waals surface area contributed by atoms with Gasteiger partial charge in [0.1, 0.15) is 12.4 Å². The number of rotatable bonds is 23. The van der Waals surface area contributed by atoms with Crippen LogP contribution in [0.1, 0.15) is 153 Å². The van der Waals surface area contributed by atoms with Crippen molar-refractivity contribution in [1.29, 1.82) is 0 Å². The summed E-state index contributed by atoms with van der Waals surface area (Å²) < 4.78 is 2.52. The van der Waals surface area contributed by atoms with Crippen LogP contribution >= 0.6 is 0 Å². The van der Waals surface area contributed by atoms with E-state index in [1.54, 1.807) is 0 Å². The molecule has 1 aromatic heterocycles. The predicted octanol–water partition coefficient (Wildman–Crippen LogP) is 11.3. The molecule has 0 spiro atoms. The summed E-state index contributed by atoms with van der Waals surface area (Å²) in [6.07, 6.45) is 29.2. The van der Waals surface area contributed by atoms with E-state index in [0.29, 0.717) is 5.92 Å². The number of aromatic amines is 1. The Kier molecular flexibility index (Phi) is 15.9. The second-order valence-electron chi connectivity index (χ2n) is 12.7. The van der Waals surface area contributed by atoms with Crippen LogP contribution in [0.4, 0.5) is 0 Å². The topological polar surface area (TPSA) is 19.7 Å². The highest BCUT2D eigenvalue weighted by molar-refractivity contribution is 5.32. The molecule has 3 rings (SSSR count). The number of nitrogens with zero attached hydrogens (tertiary/aromatic N) is 1. The van der Waals surface area contributed by atoms with Crippen molar-refractivity contribution < 1.29 is 4.57 Å². The second kappa shape index (κ2) is 19.7. The minimum atomic E-state index is 0.0125. The van der Waals surface area contributed by atoms with E-state index in [2.05, 4.69) is 103 Å². The normalized spacial score (nSPS) is 13.7. The monoisotopic (exact) mass is 557 g/mol. The zero-order valence-electron chi connectivity index (χ0n) is 26.9. The fraction of sp³-hybridized carbons (Fsp3) is 0.615. The first-order chi connectivity index (χ1) is 20.2. The number of imidazole rings is 1. The summed E-state index contributed by atoms with van der Waals surface area (Å²) in [5.41, 5.74) is 2.85. The quantitative estimate of drug-likeness (QED) is 0.0883. The largest absolute Gasteiger partial charge is 0.258 e. The maximum atomic E-state index is 3.69. The number of hydrogen-bond acceptors (Lipinski definition) is 0. The van der Waals surface area contributed by atoms with E-state index in [1.165, 1.54) is 120 Å². The summed E-state index contributed by atoms with van der Waals surface area (Å²) in [7, 11) is 0. The number of unbranched alkanes of at least 4 members (excludes halogenated alkanes) is 15. The van der Waals surface area contributed by atoms with E-state index in [-0.39, 0.29) is 5.41 Å². The van der Waals surface area contributed by atoms with Crippen LogP contribution in [0.3, 0.4) is 0 Å². The van der Waals surface area contributed by atoms with Crippen molar-refractivity contribution in [2.45, 2.75) is 154 Å². The molecule has 0 amide bonds. The molecule has 1 heterocycles. The lowest BCUT2D eigenvalue weighted by atomic mass is 9.66. The van der Waals surface area contributed by atoms with E-state index in [4.69, 9.17) is 0 Å². The number of nitrogens with one attached hydrogen (secondary N) is 1. The molecule has 0 fully saturated rings. The summed E-state index contributed by atoms with van der Waals surface area (Å²) >= 11 is 0. The molecular weight excluding hydrogens is 496 g/mol. The molecule has 41 heavy (non-hydrogen) atoms. The molecule has 0 aliphatic rings. The third kappa shape index (κ3) is 11.4. The van der Waals surface area contributed by atoms with Crippen molar-refractivity contribution >= 4 is 0 Å². The van der Waals surface area contributed by atoms with Crippen LogP contribution in [0, 0.1) is 0 Å². The number of hydrogen-bond donors (Lipinski definition) is 1. The highest BCUT2D eigenvalue weighted by Crippen LogP contribution is 2.42. The van der Waals surface area contributed by atoms with Crippen LogP contribution < -0.4 is 4.57 Å². The number of aryl methyl sites for hydroxylation is 1. The SMILES string of the molecule is CCCCCCCCCCCCCCCCCC[n+]1cc[nH]c1C(CC)C(C)(Cc1ccccc1)c1ccccc1. The minimum Gasteiger partial charge on any atom is -0.247 e. The Morgan fingerprint density at radius 2 is 1.12 bits per heavy atom. The van der Waals surface area contributed by atoms with E-state index in [9.17, 15) is 0 Å². The fourth-order valence-corrected chi connectivity index (χ4v) is 6.91. The molecule has 0 bridgehead atoms. The summed E-state index contributed by atoms with van der Waals surface area (Å²) in [5.74, 6) is 1.80. The molecule has 3 aromatic rings. The van der Waals surface area contributed by atoms with Crippen LogP contribution in [0.25, 0.3) is 0 Å². The summed E-state index contributed by atoms with van der Waals surface area (Å²) in [5, 5.41) is 0. The van der Waals surface area contributed by atoms with Gasteiger partial charge in [-0.05, 0) is 36.8 Å². The average molecular weight is 558 g/mol. The van der Waals surface area contributed by atoms with Gasteiger partial charge >= 0.3 is 0 Å². The highest BCUT2D eigenvalue weighted by atomic mass is 15.1. The summed E-state index contributed by atoms with van der Waals surface area (Å²) in [6.45, 7) is 8.25. The van der Waals surface area contributed by atoms with Gasteiger partial charge < -0.3 is 0 Å². The molecule has 0 saturated carbocycles. The Morgan fingerprint density at radius 1 is 0.634 bits per heavy atom. The molecule has 2 heteroatoms. The first kappa shape index (κ1) is 33.2. The Labute approximate surface area is 253 Å². The van der Waals surface area contributed by atoms with Gasteiger partial charge in [0.25, 0.3) is 5.82 Å². The Hall–Kier alpha value is -2.35. The van der Waals surface area contributed by atoms with Gasteiger partial charge in [-0.15, -0.1) is 0 Å². The van der Waals surface area contributed by atoms with Crippen molar-refractivity contribution in [3.05, 3.63) is 90.0 Å². The number of H-pyrrole nitrogens is 1. The Bertz CT molecular complexity index is 1020. The first-order valence-corrected chi connectivity index (χ1v) is 17.3. The van der Waals surface area contributed by atoms with Gasteiger partial charge in [-0.2, -0.15) is 0 Å². The zero-order valence-corrected chi connectivity index (χ0v) is 26.9. The smallest absolute Gasteiger partial charge is 0.247 e. The maximum absolute atomic E-state index is 3.69. The van der Waals surface area contributed by atoms with E-state index in [0.717, 1.165) is 19.4 Å². The van der Waals surface area contributed by atoms with E-state index < -0.39 is 0 Å². The third-order valence-electron chi connectivity index (χ3n) is 9.40. The van der Waals surface area contributed by atoms with Gasteiger partial charge in [0.05, 0.1) is 12.5 Å². The Morgan fingerprint density at radius 3 is 1.63 bits per heavy atom. The molecule has 0 radical (unpaired) electrons. The third-order valence-corrected chi connectivity index (χ3v) is 9.40. The molecule has 1 N–H and O–H groups in total. The zero-order chi connectivity index (χ0) is 29.0. The van der Waals surface area contributed by atoms with Crippen LogP contribution in [-0.2, 0) is 18.4 Å². The lowest BCUT2D eigenvalue weighted by molar-refractivity contribution is -0.705. The number of benzene rings is 2. The first-order valence-electron chi connectivity index (χ1n) is 17.3. The maximum Gasteiger partial charge on any atom is 0.258 e. The van der Waals surface area contributed by atoms with Crippen molar-refractivity contribution in [3.63, 3.8) is 0 Å². The van der Waals surface area contributed by atoms with Crippen LogP contribution in [-0.4, -0.2) is 4.98 Å². The van der Waals surface area contributed by atoms with Crippen molar-refractivity contribution in [3.8, 4) is 0 Å². The van der Waals surface area contributed by atoms with Gasteiger partial charge in [-0.1, -0.05) is 171 Å². The van der Waals surface area contributed by atoms with Crippen LogP contribution in [0.15, 0.2) is 73.1 Å². The van der Waals surface area contributed by atoms with Crippen molar-refractivity contribution in [2.75, 3.05) is 0 Å². The molecule has 2 unspecified atom stereocenters. The summed E-state index contributed by atoms with van der Waals surface area (Å²) in [4.78, 5) is 3.69. The lowest BCUT2D eigenvalue weighted by Crippen LogP contribution is -2.43. The van der Waals surface area contributed by atoms with Crippen molar-refractivity contribution in [1.82, 2.24) is 4.98 Å². The van der Waals surface area contributed by atoms with Gasteiger partial charge in [-0.3, -0.25) is 0 Å². The van der Waals surface area contributed by atoms with Crippen LogP contribution in [0.2, 0.25) is 0 Å². The molecule has 2 nitrogen and oxygen atoms in total. The predicted molar refractivity (Wildman–Crippen MR) is 178 cm³/mol. The lowest BCUT2D eigenvalue weighted by Gasteiger charge is -2.36. The standard InChI is InChI=1S/C39H60N2/c1-4-6-7-8-9-10-11-12-13-14-15-16-17-18-19-26-32-41-33-31-40-38(41)37(5-2)39(3,36-29-24-21-25-30-36)34-35-27-22-20-23-28-35/h20-25,27-31,33,37H,4-19,26,32,34H2,1-3H3/p+1. The molecule has 2 aromatic carbocycles. The molecule has 0 aliphatic carbocycles. The molecule has 2 atom stereocenters. The van der Waals surface area contributed by atoms with Gasteiger partial charge in [-0.25, -0.2) is 9.55 Å². The average Bonchev–Trinajstić information content (AvgIpc) is 3.46. The fourth-order valence-electron chi connectivity index (χ4n) is 6.91. The second-order valence-corrected chi connectivity index (χ2v) is 12.7. The van der Waals surface area contributed by atoms with E-state index in [1.807, 2.05) is 0 Å². The number of aromatic nitrogens is 2. The molecule has 0 saturated heterocycles. The molecule has 226 valence electrons. The molecule has 0 aliphatic heterocycles.